The molecule has 0 saturated carbocycles. The van der Waals surface area contributed by atoms with Crippen LogP contribution in [0.1, 0.15) is 18.1 Å². The average molecular weight is 396 g/mol. The normalized spacial score (nSPS) is 12.1. The monoisotopic (exact) mass is 396 g/mol. The number of alkyl halides is 3. The molecule has 0 aliphatic rings. The van der Waals surface area contributed by atoms with Crippen molar-refractivity contribution in [1.29, 1.82) is 5.26 Å². The second-order valence-electron chi connectivity index (χ2n) is 5.36. The summed E-state index contributed by atoms with van der Waals surface area (Å²) in [5.41, 5.74) is 4.92. The first kappa shape index (κ1) is 20.3. The summed E-state index contributed by atoms with van der Waals surface area (Å²) in [6, 6.07) is 5.47. The summed E-state index contributed by atoms with van der Waals surface area (Å²) >= 11 is 1.16. The molecule has 1 aromatic heterocycles. The number of carbonyl (C=O) groups excluding carboxylic acids is 1. The highest BCUT2D eigenvalue weighted by Crippen LogP contribution is 2.31. The van der Waals surface area contributed by atoms with E-state index in [0.717, 1.165) is 23.9 Å². The Labute approximate surface area is 157 Å². The Bertz CT molecular complexity index is 897. The van der Waals surface area contributed by atoms with Gasteiger partial charge in [0, 0.05) is 5.69 Å². The van der Waals surface area contributed by atoms with Gasteiger partial charge in [-0.2, -0.15) is 23.4 Å². The van der Waals surface area contributed by atoms with Gasteiger partial charge in [-0.15, -0.1) is 11.8 Å². The van der Waals surface area contributed by atoms with Gasteiger partial charge in [0.2, 0.25) is 11.9 Å². The molecule has 0 fully saturated rings. The second-order valence-corrected chi connectivity index (χ2v) is 6.16. The van der Waals surface area contributed by atoms with E-state index >= 15 is 0 Å². The smallest absolute Gasteiger partial charge is 0.374 e. The van der Waals surface area contributed by atoms with Gasteiger partial charge in [-0.25, -0.2) is 4.98 Å². The lowest BCUT2D eigenvalue weighted by molar-refractivity contribution is -0.137. The van der Waals surface area contributed by atoms with Gasteiger partial charge in [0.25, 0.3) is 0 Å². The maximum absolute atomic E-state index is 12.8. The third-order valence-electron chi connectivity index (χ3n) is 3.41. The molecule has 1 aromatic carbocycles. The van der Waals surface area contributed by atoms with Crippen LogP contribution in [0.15, 0.2) is 29.3 Å². The zero-order valence-electron chi connectivity index (χ0n) is 14.3. The molecule has 0 spiro atoms. The predicted molar refractivity (Wildman–Crippen MR) is 96.1 cm³/mol. The number of aromatic nitrogens is 2. The van der Waals surface area contributed by atoms with Crippen molar-refractivity contribution in [3.05, 3.63) is 35.4 Å². The SMILES string of the molecule is CSc1nc(N)nc(NC(=O)[C@@H](C)Nc2cccc(C(F)(F)F)c2)c1C#N. The van der Waals surface area contributed by atoms with Crippen LogP contribution in [-0.2, 0) is 11.0 Å². The van der Waals surface area contributed by atoms with E-state index < -0.39 is 23.7 Å². The van der Waals surface area contributed by atoms with E-state index in [4.69, 9.17) is 5.73 Å². The van der Waals surface area contributed by atoms with E-state index in [2.05, 4.69) is 20.6 Å². The molecule has 1 amide bonds. The first-order valence-corrected chi connectivity index (χ1v) is 8.74. The second kappa shape index (κ2) is 8.13. The molecule has 1 heterocycles. The van der Waals surface area contributed by atoms with Crippen LogP contribution in [0.5, 0.6) is 0 Å². The minimum absolute atomic E-state index is 0.0521. The van der Waals surface area contributed by atoms with Crippen LogP contribution in [0.4, 0.5) is 30.6 Å². The molecule has 7 nitrogen and oxygen atoms in total. The van der Waals surface area contributed by atoms with Crippen molar-refractivity contribution in [2.75, 3.05) is 22.6 Å². The number of nitriles is 1. The Morgan fingerprint density at radius 3 is 2.67 bits per heavy atom. The number of carbonyl (C=O) groups is 1. The number of benzene rings is 1. The molecule has 0 bridgehead atoms. The molecule has 0 saturated heterocycles. The number of anilines is 3. The number of amides is 1. The molecular formula is C16H15F3N6OS. The van der Waals surface area contributed by atoms with Gasteiger partial charge in [0.05, 0.1) is 5.56 Å². The first-order chi connectivity index (χ1) is 12.7. The topological polar surface area (TPSA) is 117 Å². The van der Waals surface area contributed by atoms with Crippen LogP contribution >= 0.6 is 11.8 Å². The largest absolute Gasteiger partial charge is 0.416 e. The summed E-state index contributed by atoms with van der Waals surface area (Å²) in [4.78, 5) is 20.1. The predicted octanol–water partition coefficient (Wildman–Crippen LogP) is 3.11. The number of hydrogen-bond acceptors (Lipinski definition) is 7. The Balaban J connectivity index is 2.18. The lowest BCUT2D eigenvalue weighted by Gasteiger charge is -2.17. The molecule has 0 aliphatic carbocycles. The average Bonchev–Trinajstić information content (AvgIpc) is 2.60. The van der Waals surface area contributed by atoms with E-state index in [9.17, 15) is 23.2 Å². The van der Waals surface area contributed by atoms with Crippen LogP contribution in [0.25, 0.3) is 0 Å². The fraction of sp³-hybridized carbons (Fsp3) is 0.250. The molecular weight excluding hydrogens is 381 g/mol. The van der Waals surface area contributed by atoms with Crippen LogP contribution in [-0.4, -0.2) is 28.2 Å². The van der Waals surface area contributed by atoms with E-state index in [1.807, 2.05) is 6.07 Å². The Kier molecular flexibility index (Phi) is 6.12. The van der Waals surface area contributed by atoms with E-state index in [-0.39, 0.29) is 23.0 Å². The highest BCUT2D eigenvalue weighted by molar-refractivity contribution is 7.98. The highest BCUT2D eigenvalue weighted by Gasteiger charge is 2.30. The summed E-state index contributed by atoms with van der Waals surface area (Å²) in [6.07, 6.45) is -2.80. The summed E-state index contributed by atoms with van der Waals surface area (Å²) < 4.78 is 38.3. The zero-order chi connectivity index (χ0) is 20.2. The molecule has 27 heavy (non-hydrogen) atoms. The summed E-state index contributed by atoms with van der Waals surface area (Å²) in [7, 11) is 0. The van der Waals surface area contributed by atoms with Crippen molar-refractivity contribution in [2.24, 2.45) is 0 Å². The van der Waals surface area contributed by atoms with Gasteiger partial charge in [0.1, 0.15) is 22.7 Å². The molecule has 0 unspecified atom stereocenters. The maximum atomic E-state index is 12.8. The van der Waals surface area contributed by atoms with Crippen molar-refractivity contribution < 1.29 is 18.0 Å². The molecule has 2 rings (SSSR count). The molecule has 0 aliphatic heterocycles. The number of rotatable bonds is 5. The molecule has 142 valence electrons. The number of halogens is 3. The molecule has 4 N–H and O–H groups in total. The zero-order valence-corrected chi connectivity index (χ0v) is 15.1. The Morgan fingerprint density at radius 2 is 2.07 bits per heavy atom. The fourth-order valence-corrected chi connectivity index (χ4v) is 2.65. The Hall–Kier alpha value is -3.00. The summed E-state index contributed by atoms with van der Waals surface area (Å²) in [6.45, 7) is 1.46. The lowest BCUT2D eigenvalue weighted by atomic mass is 10.2. The quantitative estimate of drug-likeness (QED) is 0.525. The highest BCUT2D eigenvalue weighted by atomic mass is 32.2. The number of nitrogens with one attached hydrogen (secondary N) is 2. The number of nitrogen functional groups attached to an aromatic ring is 1. The van der Waals surface area contributed by atoms with Crippen molar-refractivity contribution >= 4 is 35.1 Å². The minimum Gasteiger partial charge on any atom is -0.374 e. The van der Waals surface area contributed by atoms with Gasteiger partial charge in [-0.1, -0.05) is 6.07 Å². The Morgan fingerprint density at radius 1 is 1.37 bits per heavy atom. The minimum atomic E-state index is -4.49. The van der Waals surface area contributed by atoms with Crippen molar-refractivity contribution in [2.45, 2.75) is 24.2 Å². The van der Waals surface area contributed by atoms with E-state index in [1.165, 1.54) is 19.1 Å². The molecule has 1 atom stereocenters. The third-order valence-corrected chi connectivity index (χ3v) is 4.09. The summed E-state index contributed by atoms with van der Waals surface area (Å²) in [5.74, 6) is -0.779. The molecule has 11 heteroatoms. The van der Waals surface area contributed by atoms with Gasteiger partial charge < -0.3 is 16.4 Å². The van der Waals surface area contributed by atoms with E-state index in [0.29, 0.717) is 5.03 Å². The molecule has 0 radical (unpaired) electrons. The van der Waals surface area contributed by atoms with Gasteiger partial charge in [-0.3, -0.25) is 4.79 Å². The number of hydrogen-bond donors (Lipinski definition) is 3. The number of thioether (sulfide) groups is 1. The van der Waals surface area contributed by atoms with Gasteiger partial charge in [-0.05, 0) is 31.4 Å². The van der Waals surface area contributed by atoms with Crippen LogP contribution in [0.3, 0.4) is 0 Å². The number of nitrogens with zero attached hydrogens (tertiary/aromatic N) is 3. The van der Waals surface area contributed by atoms with E-state index in [1.54, 1.807) is 6.26 Å². The fourth-order valence-electron chi connectivity index (χ4n) is 2.12. The number of nitrogens with two attached hydrogens (primary N) is 1. The van der Waals surface area contributed by atoms with Crippen LogP contribution < -0.4 is 16.4 Å². The van der Waals surface area contributed by atoms with Crippen LogP contribution in [0, 0.1) is 11.3 Å². The third kappa shape index (κ3) is 5.01. The van der Waals surface area contributed by atoms with Crippen molar-refractivity contribution in [3.63, 3.8) is 0 Å². The first-order valence-electron chi connectivity index (χ1n) is 7.52. The van der Waals surface area contributed by atoms with Gasteiger partial charge in [0.15, 0.2) is 5.82 Å². The lowest BCUT2D eigenvalue weighted by Crippen LogP contribution is -2.32. The maximum Gasteiger partial charge on any atom is 0.416 e. The van der Waals surface area contributed by atoms with Crippen molar-refractivity contribution in [1.82, 2.24) is 9.97 Å². The standard InChI is InChI=1S/C16H15F3N6OS/c1-8(22-10-5-3-4-9(6-10)16(17,18)19)13(26)23-12-11(7-20)14(27-2)25-15(21)24-12/h3-6,8,22H,1-2H3,(H3,21,23,24,25,26)/t8-/m1/s1. The van der Waals surface area contributed by atoms with Crippen molar-refractivity contribution in [3.8, 4) is 6.07 Å². The van der Waals surface area contributed by atoms with Crippen LogP contribution in [0.2, 0.25) is 0 Å². The molecule has 2 aromatic rings. The summed E-state index contributed by atoms with van der Waals surface area (Å²) in [5, 5.41) is 14.7. The van der Waals surface area contributed by atoms with Gasteiger partial charge >= 0.3 is 6.18 Å².